The van der Waals surface area contributed by atoms with Gasteiger partial charge in [-0.2, -0.15) is 0 Å². The second-order valence-corrected chi connectivity index (χ2v) is 8.41. The normalized spacial score (nSPS) is 34.2. The van der Waals surface area contributed by atoms with Gasteiger partial charge in [-0.15, -0.1) is 0 Å². The molecule has 0 aliphatic carbocycles. The topological polar surface area (TPSA) is 61.3 Å². The van der Waals surface area contributed by atoms with Crippen molar-refractivity contribution in [3.8, 4) is 0 Å². The largest absolute Gasteiger partial charge is 0.414 e. The minimum absolute atomic E-state index is 0.169. The maximum absolute atomic E-state index is 6.14. The Hall–Kier alpha value is 0.0969. The fourth-order valence-corrected chi connectivity index (χ4v) is 6.31. The van der Waals surface area contributed by atoms with Crippen LogP contribution in [0.5, 0.6) is 0 Å². The molecule has 0 radical (unpaired) electrons. The van der Waals surface area contributed by atoms with Crippen LogP contribution in [0.25, 0.3) is 0 Å². The lowest BCUT2D eigenvalue weighted by Gasteiger charge is -2.42. The van der Waals surface area contributed by atoms with E-state index < -0.39 is 8.32 Å². The molecular formula is C9H22N2OSi. The van der Waals surface area contributed by atoms with Crippen molar-refractivity contribution in [1.29, 1.82) is 0 Å². The van der Waals surface area contributed by atoms with E-state index in [9.17, 15) is 0 Å². The Labute approximate surface area is 82.0 Å². The first-order valence-electron chi connectivity index (χ1n) is 5.28. The zero-order valence-corrected chi connectivity index (χ0v) is 9.75. The van der Waals surface area contributed by atoms with Crippen LogP contribution in [0.15, 0.2) is 0 Å². The molecule has 0 aromatic rings. The Morgan fingerprint density at radius 1 is 1.38 bits per heavy atom. The molecule has 1 saturated heterocycles. The Balaban J connectivity index is 2.72. The molecule has 1 aliphatic heterocycles. The van der Waals surface area contributed by atoms with Crippen LogP contribution in [-0.4, -0.2) is 26.3 Å². The molecule has 1 heterocycles. The van der Waals surface area contributed by atoms with E-state index in [1.54, 1.807) is 0 Å². The van der Waals surface area contributed by atoms with Gasteiger partial charge >= 0.3 is 0 Å². The second kappa shape index (κ2) is 4.55. The molecule has 78 valence electrons. The monoisotopic (exact) mass is 202 g/mol. The van der Waals surface area contributed by atoms with Crippen molar-refractivity contribution in [2.75, 3.05) is 6.61 Å². The molecule has 1 fully saturated rings. The molecule has 1 rings (SSSR count). The number of hydrogen-bond donors (Lipinski definition) is 2. The highest BCUT2D eigenvalue weighted by molar-refractivity contribution is 6.76. The van der Waals surface area contributed by atoms with Gasteiger partial charge in [-0.25, -0.2) is 0 Å². The highest BCUT2D eigenvalue weighted by Gasteiger charge is 2.45. The summed E-state index contributed by atoms with van der Waals surface area (Å²) in [7, 11) is -1.81. The summed E-state index contributed by atoms with van der Waals surface area (Å²) < 4.78 is 5.97. The third kappa shape index (κ3) is 2.12. The van der Waals surface area contributed by atoms with Gasteiger partial charge in [0.2, 0.25) is 8.32 Å². The van der Waals surface area contributed by atoms with Crippen LogP contribution in [-0.2, 0) is 4.43 Å². The predicted octanol–water partition coefficient (Wildman–Crippen LogP) is 0.905. The smallest absolute Gasteiger partial charge is 0.224 e. The molecule has 0 aromatic carbocycles. The average Bonchev–Trinajstić information content (AvgIpc) is 2.17. The Morgan fingerprint density at radius 3 is 2.46 bits per heavy atom. The van der Waals surface area contributed by atoms with E-state index in [0.29, 0.717) is 0 Å². The number of nitrogens with two attached hydrogens (primary N) is 2. The van der Waals surface area contributed by atoms with Crippen LogP contribution in [0.4, 0.5) is 0 Å². The summed E-state index contributed by atoms with van der Waals surface area (Å²) in [6.07, 6.45) is 3.42. The minimum Gasteiger partial charge on any atom is -0.414 e. The van der Waals surface area contributed by atoms with Gasteiger partial charge in [-0.1, -0.05) is 20.3 Å². The van der Waals surface area contributed by atoms with Crippen molar-refractivity contribution in [2.24, 2.45) is 11.5 Å². The van der Waals surface area contributed by atoms with Crippen LogP contribution in [0, 0.1) is 0 Å². The Morgan fingerprint density at radius 2 is 2.08 bits per heavy atom. The zero-order chi connectivity index (χ0) is 9.90. The van der Waals surface area contributed by atoms with Gasteiger partial charge in [-0.3, -0.25) is 0 Å². The van der Waals surface area contributed by atoms with Gasteiger partial charge < -0.3 is 15.9 Å². The Kier molecular flexibility index (Phi) is 3.91. The maximum Gasteiger partial charge on any atom is 0.224 e. The zero-order valence-electron chi connectivity index (χ0n) is 8.75. The first-order chi connectivity index (χ1) is 6.13. The third-order valence-electron chi connectivity index (χ3n) is 3.17. The van der Waals surface area contributed by atoms with Gasteiger partial charge in [0.25, 0.3) is 0 Å². The molecule has 0 aromatic heterocycles. The molecular weight excluding hydrogens is 180 g/mol. The molecule has 4 N–H and O–H groups in total. The van der Waals surface area contributed by atoms with Crippen molar-refractivity contribution < 1.29 is 4.43 Å². The molecule has 3 unspecified atom stereocenters. The predicted molar refractivity (Wildman–Crippen MR) is 57.7 cm³/mol. The summed E-state index contributed by atoms with van der Waals surface area (Å²) in [6, 6.07) is 1.15. The summed E-state index contributed by atoms with van der Waals surface area (Å²) in [5, 5.41) is 0. The SMILES string of the molecule is CCC(N)[Si]1(C(C)N)CCCCO1. The van der Waals surface area contributed by atoms with Crippen LogP contribution in [0.2, 0.25) is 6.04 Å². The fraction of sp³-hybridized carbons (Fsp3) is 1.00. The van der Waals surface area contributed by atoms with E-state index in [0.717, 1.165) is 19.1 Å². The first kappa shape index (κ1) is 11.2. The lowest BCUT2D eigenvalue weighted by atomic mass is 10.4. The fourth-order valence-electron chi connectivity index (χ4n) is 2.17. The number of hydrogen-bond acceptors (Lipinski definition) is 3. The summed E-state index contributed by atoms with van der Waals surface area (Å²) in [6.45, 7) is 5.06. The molecule has 4 heteroatoms. The standard InChI is InChI=1S/C9H22N2OSi/c1-3-9(11)13(8(2)10)7-5-4-6-12-13/h8-9H,3-7,10-11H2,1-2H3. The van der Waals surface area contributed by atoms with Crippen LogP contribution < -0.4 is 11.5 Å². The van der Waals surface area contributed by atoms with Gasteiger partial charge in [0, 0.05) is 17.9 Å². The third-order valence-corrected chi connectivity index (χ3v) is 8.25. The van der Waals surface area contributed by atoms with Crippen molar-refractivity contribution in [2.45, 2.75) is 50.5 Å². The van der Waals surface area contributed by atoms with Crippen LogP contribution in [0.3, 0.4) is 0 Å². The highest BCUT2D eigenvalue weighted by atomic mass is 28.4. The van der Waals surface area contributed by atoms with E-state index in [1.807, 2.05) is 0 Å². The summed E-state index contributed by atoms with van der Waals surface area (Å²) >= 11 is 0. The lowest BCUT2D eigenvalue weighted by molar-refractivity contribution is 0.250. The van der Waals surface area contributed by atoms with Gasteiger partial charge in [0.1, 0.15) is 0 Å². The molecule has 0 saturated carbocycles. The van der Waals surface area contributed by atoms with E-state index in [4.69, 9.17) is 15.9 Å². The van der Waals surface area contributed by atoms with Gasteiger partial charge in [0.05, 0.1) is 0 Å². The van der Waals surface area contributed by atoms with E-state index in [2.05, 4.69) is 13.8 Å². The molecule has 0 bridgehead atoms. The second-order valence-electron chi connectivity index (χ2n) is 4.06. The molecule has 13 heavy (non-hydrogen) atoms. The van der Waals surface area contributed by atoms with Crippen molar-refractivity contribution in [3.05, 3.63) is 0 Å². The summed E-state index contributed by atoms with van der Waals surface area (Å²) in [5.74, 6) is 0. The van der Waals surface area contributed by atoms with E-state index in [1.165, 1.54) is 12.8 Å². The summed E-state index contributed by atoms with van der Waals surface area (Å²) in [5.41, 5.74) is 12.6. The molecule has 0 spiro atoms. The highest BCUT2D eigenvalue weighted by Crippen LogP contribution is 2.27. The lowest BCUT2D eigenvalue weighted by Crippen LogP contribution is -2.66. The van der Waals surface area contributed by atoms with Crippen LogP contribution in [0.1, 0.15) is 33.1 Å². The van der Waals surface area contributed by atoms with Crippen molar-refractivity contribution >= 4 is 8.32 Å². The Bertz CT molecular complexity index is 158. The van der Waals surface area contributed by atoms with E-state index in [-0.39, 0.29) is 11.3 Å². The average molecular weight is 202 g/mol. The maximum atomic E-state index is 6.14. The number of rotatable bonds is 3. The van der Waals surface area contributed by atoms with Gasteiger partial charge in [0.15, 0.2) is 0 Å². The van der Waals surface area contributed by atoms with Crippen molar-refractivity contribution in [1.82, 2.24) is 0 Å². The summed E-state index contributed by atoms with van der Waals surface area (Å²) in [4.78, 5) is 0. The van der Waals surface area contributed by atoms with Gasteiger partial charge in [-0.05, 0) is 18.9 Å². The van der Waals surface area contributed by atoms with E-state index >= 15 is 0 Å². The van der Waals surface area contributed by atoms with Crippen LogP contribution >= 0.6 is 0 Å². The molecule has 0 amide bonds. The molecule has 3 atom stereocenters. The quantitative estimate of drug-likeness (QED) is 0.669. The molecule has 1 aliphatic rings. The molecule has 3 nitrogen and oxygen atoms in total. The first-order valence-corrected chi connectivity index (χ1v) is 7.55. The minimum atomic E-state index is -1.81. The van der Waals surface area contributed by atoms with Crippen molar-refractivity contribution in [3.63, 3.8) is 0 Å².